The summed E-state index contributed by atoms with van der Waals surface area (Å²) in [5.41, 5.74) is 3.80. The number of hydrogen-bond donors (Lipinski definition) is 1. The summed E-state index contributed by atoms with van der Waals surface area (Å²) >= 11 is 13.8. The van der Waals surface area contributed by atoms with Crippen LogP contribution in [-0.2, 0) is 19.5 Å². The van der Waals surface area contributed by atoms with Crippen molar-refractivity contribution in [1.82, 2.24) is 29.5 Å². The van der Waals surface area contributed by atoms with Crippen molar-refractivity contribution in [3.8, 4) is 0 Å². The van der Waals surface area contributed by atoms with Gasteiger partial charge in [-0.1, -0.05) is 12.1 Å². The minimum absolute atomic E-state index is 0.642. The van der Waals surface area contributed by atoms with Crippen LogP contribution in [0.3, 0.4) is 0 Å². The van der Waals surface area contributed by atoms with Gasteiger partial charge in [0.2, 0.25) is 0 Å². The predicted octanol–water partition coefficient (Wildman–Crippen LogP) is 6.32. The Bertz CT molecular complexity index is 1210. The number of aliphatic hydroxyl groups is 1. The molecule has 7 nitrogen and oxygen atoms in total. The molecule has 0 amide bonds. The second-order valence-corrected chi connectivity index (χ2v) is 9.90. The molecule has 4 heterocycles. The molecule has 1 unspecified atom stereocenters. The van der Waals surface area contributed by atoms with E-state index >= 15 is 0 Å². The molecule has 1 atom stereocenters. The topological polar surface area (TPSA) is 81.6 Å². The molecule has 0 aliphatic heterocycles. The summed E-state index contributed by atoms with van der Waals surface area (Å²) in [7, 11) is 0. The Morgan fingerprint density at radius 2 is 1.39 bits per heavy atom. The van der Waals surface area contributed by atoms with Crippen molar-refractivity contribution in [2.24, 2.45) is 0 Å². The molecule has 0 fully saturated rings. The zero-order valence-electron chi connectivity index (χ0n) is 18.0. The van der Waals surface area contributed by atoms with Crippen molar-refractivity contribution in [1.29, 1.82) is 0 Å². The number of nitrogens with zero attached hydrogens (tertiary/aromatic N) is 6. The second kappa shape index (κ2) is 12.3. The molecule has 0 spiro atoms. The van der Waals surface area contributed by atoms with Gasteiger partial charge < -0.3 is 5.11 Å². The normalized spacial score (nSPS) is 11.7. The van der Waals surface area contributed by atoms with Crippen molar-refractivity contribution in [3.63, 3.8) is 0 Å². The lowest BCUT2D eigenvalue weighted by molar-refractivity contribution is 0.218. The van der Waals surface area contributed by atoms with Gasteiger partial charge in [-0.05, 0) is 95.3 Å². The summed E-state index contributed by atoms with van der Waals surface area (Å²) in [5, 5.41) is 18.8. The van der Waals surface area contributed by atoms with E-state index in [1.54, 1.807) is 29.3 Å². The van der Waals surface area contributed by atoms with E-state index in [2.05, 4.69) is 96.9 Å². The first-order chi connectivity index (χ1) is 15.9. The highest BCUT2D eigenvalue weighted by Crippen LogP contribution is 2.31. The van der Waals surface area contributed by atoms with Gasteiger partial charge in [0.25, 0.3) is 0 Å². The van der Waals surface area contributed by atoms with E-state index in [9.17, 15) is 5.11 Å². The van der Waals surface area contributed by atoms with Crippen LogP contribution in [0.4, 0.5) is 0 Å². The number of aryl methyl sites for hydroxylation is 2. The number of aromatic nitrogens is 6. The minimum atomic E-state index is -0.743. The quantitative estimate of drug-likeness (QED) is 0.238. The summed E-state index contributed by atoms with van der Waals surface area (Å²) in [5.74, 6) is 0. The number of pyridine rings is 2. The third-order valence-electron chi connectivity index (χ3n) is 4.84. The van der Waals surface area contributed by atoms with E-state index in [0.717, 1.165) is 44.4 Å². The van der Waals surface area contributed by atoms with Crippen molar-refractivity contribution in [3.05, 3.63) is 89.7 Å². The lowest BCUT2D eigenvalue weighted by Gasteiger charge is -2.11. The Labute approximate surface area is 226 Å². The van der Waals surface area contributed by atoms with Crippen molar-refractivity contribution in [2.75, 3.05) is 0 Å². The van der Waals surface area contributed by atoms with E-state index in [-0.39, 0.29) is 0 Å². The Balaban J connectivity index is 0.000000186. The molecule has 0 radical (unpaired) electrons. The molecule has 0 aromatic carbocycles. The highest BCUT2D eigenvalue weighted by atomic mass is 79.9. The van der Waals surface area contributed by atoms with Gasteiger partial charge >= 0.3 is 0 Å². The fourth-order valence-corrected chi connectivity index (χ4v) is 5.17. The summed E-state index contributed by atoms with van der Waals surface area (Å²) in [6.07, 6.45) is 7.09. The van der Waals surface area contributed by atoms with Crippen LogP contribution in [0.1, 0.15) is 42.2 Å². The van der Waals surface area contributed by atoms with Gasteiger partial charge in [0.1, 0.15) is 24.5 Å². The Hall–Kier alpha value is -1.40. The molecule has 0 aliphatic rings. The van der Waals surface area contributed by atoms with E-state index in [0.29, 0.717) is 4.60 Å². The lowest BCUT2D eigenvalue weighted by atomic mass is 10.1. The van der Waals surface area contributed by atoms with E-state index in [4.69, 9.17) is 0 Å². The van der Waals surface area contributed by atoms with Crippen LogP contribution in [0, 0.1) is 0 Å². The maximum atomic E-state index is 10.3. The van der Waals surface area contributed by atoms with Gasteiger partial charge in [-0.25, -0.2) is 9.97 Å². The molecular formula is C22H22Br4N6O. The van der Waals surface area contributed by atoms with E-state index < -0.39 is 6.10 Å². The number of aliphatic hydroxyl groups excluding tert-OH is 1. The maximum absolute atomic E-state index is 10.3. The first-order valence-corrected chi connectivity index (χ1v) is 13.3. The summed E-state index contributed by atoms with van der Waals surface area (Å²) in [6, 6.07) is 7.63. The highest BCUT2D eigenvalue weighted by molar-refractivity contribution is 9.11. The molecule has 4 aromatic heterocycles. The van der Waals surface area contributed by atoms with Gasteiger partial charge in [0, 0.05) is 48.6 Å². The number of halogens is 4. The molecule has 0 saturated carbocycles. The maximum Gasteiger partial charge on any atom is 0.112 e. The number of rotatable bonds is 6. The predicted molar refractivity (Wildman–Crippen MR) is 142 cm³/mol. The van der Waals surface area contributed by atoms with Crippen LogP contribution < -0.4 is 0 Å². The van der Waals surface area contributed by atoms with Gasteiger partial charge in [0.15, 0.2) is 0 Å². The van der Waals surface area contributed by atoms with E-state index in [1.807, 2.05) is 29.9 Å². The van der Waals surface area contributed by atoms with Crippen LogP contribution in [0.5, 0.6) is 0 Å². The Morgan fingerprint density at radius 1 is 0.788 bits per heavy atom. The fraction of sp³-hybridized carbons (Fsp3) is 0.273. The van der Waals surface area contributed by atoms with Gasteiger partial charge in [0.05, 0.1) is 12.4 Å². The summed E-state index contributed by atoms with van der Waals surface area (Å²) in [4.78, 5) is 8.30. The standard InChI is InChI=1S/C11H11Br2N3O.C11H11Br2N3/c1-2-16-11(13)8(6-15-16)9(17)7-4-3-5-14-10(7)12;1-2-16-11(13)9(7-15-16)6-8-4-3-5-14-10(8)12/h3-6,9,17H,2H2,1H3;3-5,7H,2,6H2,1H3. The smallest absolute Gasteiger partial charge is 0.112 e. The molecule has 174 valence electrons. The Morgan fingerprint density at radius 3 is 1.97 bits per heavy atom. The molecule has 0 bridgehead atoms. The van der Waals surface area contributed by atoms with Crippen molar-refractivity contribution < 1.29 is 5.11 Å². The average molecular weight is 706 g/mol. The van der Waals surface area contributed by atoms with Crippen molar-refractivity contribution in [2.45, 2.75) is 39.5 Å². The highest BCUT2D eigenvalue weighted by Gasteiger charge is 2.19. The average Bonchev–Trinajstić information content (AvgIpc) is 3.37. The molecule has 0 saturated heterocycles. The molecule has 33 heavy (non-hydrogen) atoms. The van der Waals surface area contributed by atoms with Crippen LogP contribution in [0.2, 0.25) is 0 Å². The fourth-order valence-electron chi connectivity index (χ4n) is 3.06. The van der Waals surface area contributed by atoms with Gasteiger partial charge in [-0.3, -0.25) is 9.36 Å². The van der Waals surface area contributed by atoms with E-state index in [1.165, 1.54) is 11.1 Å². The Kier molecular flexibility index (Phi) is 9.81. The molecule has 4 rings (SSSR count). The SMILES string of the molecule is CCn1ncc(C(O)c2cccnc2Br)c1Br.CCn1ncc(Cc2cccnc2Br)c1Br. The zero-order chi connectivity index (χ0) is 24.0. The first kappa shape index (κ1) is 26.2. The van der Waals surface area contributed by atoms with Crippen LogP contribution >= 0.6 is 63.7 Å². The van der Waals surface area contributed by atoms with Gasteiger partial charge in [-0.15, -0.1) is 0 Å². The largest absolute Gasteiger partial charge is 0.383 e. The third kappa shape index (κ3) is 6.39. The first-order valence-electron chi connectivity index (χ1n) is 10.2. The monoisotopic (exact) mass is 702 g/mol. The molecule has 11 heteroatoms. The van der Waals surface area contributed by atoms with Gasteiger partial charge in [-0.2, -0.15) is 10.2 Å². The number of hydrogen-bond acceptors (Lipinski definition) is 5. The van der Waals surface area contributed by atoms with Crippen LogP contribution in [0.15, 0.2) is 67.5 Å². The summed E-state index contributed by atoms with van der Waals surface area (Å²) < 4.78 is 7.09. The summed E-state index contributed by atoms with van der Waals surface area (Å²) in [6.45, 7) is 5.69. The van der Waals surface area contributed by atoms with Crippen LogP contribution in [-0.4, -0.2) is 34.6 Å². The minimum Gasteiger partial charge on any atom is -0.383 e. The molecule has 4 aromatic rings. The zero-order valence-corrected chi connectivity index (χ0v) is 24.3. The third-order valence-corrected chi connectivity index (χ3v) is 8.00. The molecule has 0 aliphatic carbocycles. The van der Waals surface area contributed by atoms with Crippen molar-refractivity contribution >= 4 is 63.7 Å². The molecule has 1 N–H and O–H groups in total. The lowest BCUT2D eigenvalue weighted by Crippen LogP contribution is -2.02. The molecular weight excluding hydrogens is 684 g/mol. The van der Waals surface area contributed by atoms with Crippen LogP contribution in [0.25, 0.3) is 0 Å². The second-order valence-electron chi connectivity index (χ2n) is 6.90.